The number of carbonyl (C=O) groups is 2. The molecule has 0 radical (unpaired) electrons. The van der Waals surface area contributed by atoms with Crippen molar-refractivity contribution >= 4 is 50.5 Å². The molecule has 0 fully saturated rings. The molecule has 1 atom stereocenters. The van der Waals surface area contributed by atoms with Gasteiger partial charge >= 0.3 is 5.97 Å². The average Bonchev–Trinajstić information content (AvgIpc) is 3.15. The van der Waals surface area contributed by atoms with Crippen LogP contribution >= 0.6 is 22.9 Å². The number of ether oxygens (including phenoxy) is 1. The Kier molecular flexibility index (Phi) is 6.44. The predicted molar refractivity (Wildman–Crippen MR) is 124 cm³/mol. The SMILES string of the molecule is COC(=O)C1CN(C(=O)c2sccc2Cl)c2ccccc2CN1S(=O)(=O)c1ccccc1O. The zero-order valence-corrected chi connectivity index (χ0v) is 19.7. The van der Waals surface area contributed by atoms with Gasteiger partial charge in [0.1, 0.15) is 21.6 Å². The molecule has 0 spiro atoms. The quantitative estimate of drug-likeness (QED) is 0.543. The van der Waals surface area contributed by atoms with E-state index >= 15 is 0 Å². The zero-order chi connectivity index (χ0) is 23.8. The maximum atomic E-state index is 13.6. The number of para-hydroxylation sites is 2. The van der Waals surface area contributed by atoms with Crippen molar-refractivity contribution in [3.8, 4) is 5.75 Å². The Labute approximate surface area is 199 Å². The number of carbonyl (C=O) groups excluding carboxylic acids is 2. The Morgan fingerprint density at radius 3 is 2.48 bits per heavy atom. The van der Waals surface area contributed by atoms with Crippen LogP contribution < -0.4 is 4.90 Å². The minimum atomic E-state index is -4.35. The highest BCUT2D eigenvalue weighted by molar-refractivity contribution is 7.89. The van der Waals surface area contributed by atoms with Gasteiger partial charge in [0, 0.05) is 12.2 Å². The molecule has 3 aromatic rings. The van der Waals surface area contributed by atoms with E-state index < -0.39 is 33.7 Å². The Balaban J connectivity index is 1.87. The molecule has 2 aromatic carbocycles. The number of phenolic OH excluding ortho intramolecular Hbond substituents is 1. The van der Waals surface area contributed by atoms with Crippen LogP contribution in [0.25, 0.3) is 0 Å². The van der Waals surface area contributed by atoms with Crippen molar-refractivity contribution < 1.29 is 27.9 Å². The number of rotatable bonds is 4. The standard InChI is InChI=1S/C22H19ClN2O6S2/c1-31-22(28)17-13-24(21(27)20-15(23)10-11-32-20)16-7-3-2-6-14(16)12-25(17)33(29,30)19-9-5-4-8-18(19)26/h2-11,17,26H,12-13H2,1H3. The minimum absolute atomic E-state index is 0.214. The van der Waals surface area contributed by atoms with Crippen molar-refractivity contribution in [3.63, 3.8) is 0 Å². The number of nitrogens with zero attached hydrogens (tertiary/aromatic N) is 2. The third-order valence-corrected chi connectivity index (χ3v) is 8.52. The van der Waals surface area contributed by atoms with Crippen LogP contribution in [0.2, 0.25) is 5.02 Å². The fourth-order valence-electron chi connectivity index (χ4n) is 3.69. The van der Waals surface area contributed by atoms with Gasteiger partial charge in [-0.15, -0.1) is 11.3 Å². The summed E-state index contributed by atoms with van der Waals surface area (Å²) in [6.45, 7) is -0.516. The molecule has 1 unspecified atom stereocenters. The summed E-state index contributed by atoms with van der Waals surface area (Å²) in [4.78, 5) is 27.5. The maximum Gasteiger partial charge on any atom is 0.326 e. The first-order valence-electron chi connectivity index (χ1n) is 9.76. The number of hydrogen-bond donors (Lipinski definition) is 1. The van der Waals surface area contributed by atoms with E-state index in [1.165, 1.54) is 29.2 Å². The molecule has 2 heterocycles. The Morgan fingerprint density at radius 2 is 1.82 bits per heavy atom. The van der Waals surface area contributed by atoms with Gasteiger partial charge in [0.25, 0.3) is 5.91 Å². The van der Waals surface area contributed by atoms with E-state index in [1.807, 2.05) is 0 Å². The molecule has 1 aromatic heterocycles. The fourth-order valence-corrected chi connectivity index (χ4v) is 6.41. The third kappa shape index (κ3) is 4.22. The number of esters is 1. The highest BCUT2D eigenvalue weighted by Crippen LogP contribution is 2.35. The molecule has 8 nitrogen and oxygen atoms in total. The molecule has 1 amide bonds. The zero-order valence-electron chi connectivity index (χ0n) is 17.3. The number of anilines is 1. The molecule has 1 aliphatic rings. The first-order chi connectivity index (χ1) is 15.8. The van der Waals surface area contributed by atoms with E-state index in [2.05, 4.69) is 0 Å². The second-order valence-electron chi connectivity index (χ2n) is 7.20. The number of halogens is 1. The van der Waals surface area contributed by atoms with Crippen LogP contribution in [0.15, 0.2) is 64.9 Å². The van der Waals surface area contributed by atoms with Crippen molar-refractivity contribution in [2.75, 3.05) is 18.6 Å². The molecular formula is C22H19ClN2O6S2. The normalized spacial score (nSPS) is 16.7. The van der Waals surface area contributed by atoms with Crippen molar-refractivity contribution in [3.05, 3.63) is 75.4 Å². The van der Waals surface area contributed by atoms with Crippen LogP contribution in [0.3, 0.4) is 0 Å². The van der Waals surface area contributed by atoms with Crippen LogP contribution in [0.5, 0.6) is 5.75 Å². The first kappa shape index (κ1) is 23.2. The lowest BCUT2D eigenvalue weighted by Gasteiger charge is -2.29. The first-order valence-corrected chi connectivity index (χ1v) is 12.5. The highest BCUT2D eigenvalue weighted by Gasteiger charge is 2.43. The molecule has 0 saturated carbocycles. The number of sulfonamides is 1. The number of benzene rings is 2. The number of methoxy groups -OCH3 is 1. The van der Waals surface area contributed by atoms with Crippen LogP contribution in [0.4, 0.5) is 5.69 Å². The van der Waals surface area contributed by atoms with Crippen molar-refractivity contribution in [2.24, 2.45) is 0 Å². The average molecular weight is 507 g/mol. The molecule has 172 valence electrons. The van der Waals surface area contributed by atoms with Crippen molar-refractivity contribution in [2.45, 2.75) is 17.5 Å². The molecule has 11 heteroatoms. The lowest BCUT2D eigenvalue weighted by Crippen LogP contribution is -2.50. The summed E-state index contributed by atoms with van der Waals surface area (Å²) < 4.78 is 33.1. The van der Waals surface area contributed by atoms with E-state index in [1.54, 1.807) is 35.7 Å². The fraction of sp³-hybridized carbons (Fsp3) is 0.182. The molecule has 4 rings (SSSR count). The number of fused-ring (bicyclic) bond motifs is 1. The molecular weight excluding hydrogens is 488 g/mol. The molecule has 33 heavy (non-hydrogen) atoms. The Morgan fingerprint density at radius 1 is 1.12 bits per heavy atom. The number of aromatic hydroxyl groups is 1. The van der Waals surface area contributed by atoms with Crippen LogP contribution in [-0.4, -0.2) is 49.4 Å². The second-order valence-corrected chi connectivity index (χ2v) is 10.4. The van der Waals surface area contributed by atoms with Gasteiger partial charge in [-0.05, 0) is 35.2 Å². The van der Waals surface area contributed by atoms with E-state index in [0.29, 0.717) is 11.3 Å². The van der Waals surface area contributed by atoms with Crippen molar-refractivity contribution in [1.29, 1.82) is 0 Å². The van der Waals surface area contributed by atoms with Gasteiger partial charge < -0.3 is 14.7 Å². The van der Waals surface area contributed by atoms with Gasteiger partial charge in [0.2, 0.25) is 10.0 Å². The van der Waals surface area contributed by atoms with Crippen LogP contribution in [0, 0.1) is 0 Å². The molecule has 0 aliphatic carbocycles. The largest absolute Gasteiger partial charge is 0.507 e. The predicted octanol–water partition coefficient (Wildman–Crippen LogP) is 3.50. The highest BCUT2D eigenvalue weighted by atomic mass is 35.5. The van der Waals surface area contributed by atoms with Gasteiger partial charge in [-0.3, -0.25) is 9.59 Å². The number of hydrogen-bond acceptors (Lipinski definition) is 7. The van der Waals surface area contributed by atoms with Crippen LogP contribution in [0.1, 0.15) is 15.2 Å². The second kappa shape index (κ2) is 9.14. The van der Waals surface area contributed by atoms with Crippen LogP contribution in [-0.2, 0) is 26.1 Å². The summed E-state index contributed by atoms with van der Waals surface area (Å²) in [6, 6.07) is 12.5. The summed E-state index contributed by atoms with van der Waals surface area (Å²) >= 11 is 7.33. The summed E-state index contributed by atoms with van der Waals surface area (Å²) in [5.74, 6) is -1.74. The molecule has 1 aliphatic heterocycles. The van der Waals surface area contributed by atoms with E-state index in [0.717, 1.165) is 22.8 Å². The monoisotopic (exact) mass is 506 g/mol. The van der Waals surface area contributed by atoms with Gasteiger partial charge in [0.05, 0.1) is 18.7 Å². The van der Waals surface area contributed by atoms with Gasteiger partial charge in [-0.2, -0.15) is 4.31 Å². The third-order valence-electron chi connectivity index (χ3n) is 5.29. The smallest absolute Gasteiger partial charge is 0.326 e. The van der Waals surface area contributed by atoms with E-state index in [9.17, 15) is 23.1 Å². The molecule has 0 saturated heterocycles. The topological polar surface area (TPSA) is 104 Å². The Hall–Kier alpha value is -2.92. The molecule has 1 N–H and O–H groups in total. The lowest BCUT2D eigenvalue weighted by molar-refractivity contribution is -0.144. The summed E-state index contributed by atoms with van der Waals surface area (Å²) in [7, 11) is -3.21. The number of phenols is 1. The van der Waals surface area contributed by atoms with Gasteiger partial charge in [-0.25, -0.2) is 8.42 Å². The van der Waals surface area contributed by atoms with Gasteiger partial charge in [0.15, 0.2) is 0 Å². The Bertz CT molecular complexity index is 1320. The van der Waals surface area contributed by atoms with E-state index in [4.69, 9.17) is 16.3 Å². The number of amides is 1. The van der Waals surface area contributed by atoms with E-state index in [-0.39, 0.29) is 27.9 Å². The van der Waals surface area contributed by atoms with Crippen molar-refractivity contribution in [1.82, 2.24) is 4.31 Å². The number of thiophene rings is 1. The maximum absolute atomic E-state index is 13.6. The van der Waals surface area contributed by atoms with Gasteiger partial charge in [-0.1, -0.05) is 41.9 Å². The lowest BCUT2D eigenvalue weighted by atomic mass is 10.1. The summed E-state index contributed by atoms with van der Waals surface area (Å²) in [5, 5.41) is 12.2. The summed E-state index contributed by atoms with van der Waals surface area (Å²) in [6.07, 6.45) is 0. The minimum Gasteiger partial charge on any atom is -0.507 e. The summed E-state index contributed by atoms with van der Waals surface area (Å²) in [5.41, 5.74) is 0.958. The molecule has 0 bridgehead atoms.